The SMILES string of the molecule is C1CC[NH2+]CC1.O=S(=O)([O-])O.O=[P+](O)O. The van der Waals surface area contributed by atoms with E-state index in [4.69, 9.17) is 31.9 Å². The zero-order valence-corrected chi connectivity index (χ0v) is 9.65. The second-order valence-corrected chi connectivity index (χ2v) is 3.97. The van der Waals surface area contributed by atoms with Crippen LogP contribution in [0.1, 0.15) is 19.3 Å². The molecule has 0 aromatic rings. The van der Waals surface area contributed by atoms with Crippen molar-refractivity contribution in [2.45, 2.75) is 19.3 Å². The van der Waals surface area contributed by atoms with Crippen molar-refractivity contribution in [3.05, 3.63) is 0 Å². The van der Waals surface area contributed by atoms with Crippen molar-refractivity contribution >= 4 is 18.7 Å². The maximum absolute atomic E-state index is 8.70. The minimum Gasteiger partial charge on any atom is -0.726 e. The fraction of sp³-hybridized carbons (Fsp3) is 1.00. The van der Waals surface area contributed by atoms with Crippen LogP contribution in [-0.4, -0.2) is 40.4 Å². The molecule has 1 aliphatic rings. The Labute approximate surface area is 88.9 Å². The predicted octanol–water partition coefficient (Wildman–Crippen LogP) is -1.63. The summed E-state index contributed by atoms with van der Waals surface area (Å²) < 4.78 is 41.5. The van der Waals surface area contributed by atoms with Crippen LogP contribution in [0, 0.1) is 0 Å². The van der Waals surface area contributed by atoms with Crippen molar-refractivity contribution in [2.24, 2.45) is 0 Å². The first-order chi connectivity index (χ1) is 6.73. The van der Waals surface area contributed by atoms with Crippen LogP contribution < -0.4 is 5.32 Å². The zero-order valence-electron chi connectivity index (χ0n) is 7.94. The monoisotopic (exact) mass is 264 g/mol. The number of piperidine rings is 1. The Morgan fingerprint density at radius 3 is 1.47 bits per heavy atom. The van der Waals surface area contributed by atoms with Gasteiger partial charge in [-0.15, -0.1) is 9.79 Å². The van der Waals surface area contributed by atoms with E-state index in [2.05, 4.69) is 5.32 Å². The lowest BCUT2D eigenvalue weighted by Crippen LogP contribution is -2.85. The Balaban J connectivity index is 0. The van der Waals surface area contributed by atoms with Crippen LogP contribution in [0.2, 0.25) is 0 Å². The fourth-order valence-corrected chi connectivity index (χ4v) is 0.898. The summed E-state index contributed by atoms with van der Waals surface area (Å²) >= 11 is 0. The number of hydrogen-bond acceptors (Lipinski definition) is 4. The van der Waals surface area contributed by atoms with Crippen LogP contribution in [0.3, 0.4) is 0 Å². The Hall–Kier alpha value is -0.150. The van der Waals surface area contributed by atoms with E-state index in [1.54, 1.807) is 0 Å². The molecule has 0 atom stereocenters. The van der Waals surface area contributed by atoms with Crippen LogP contribution in [0.4, 0.5) is 0 Å². The van der Waals surface area contributed by atoms with E-state index < -0.39 is 18.7 Å². The second-order valence-electron chi connectivity index (χ2n) is 2.61. The molecule has 0 aromatic heterocycles. The molecule has 0 amide bonds. The summed E-state index contributed by atoms with van der Waals surface area (Å²) in [6.07, 6.45) is 4.36. The van der Waals surface area contributed by atoms with Crippen molar-refractivity contribution in [1.29, 1.82) is 0 Å². The first kappa shape index (κ1) is 17.3. The highest BCUT2D eigenvalue weighted by Gasteiger charge is 1.97. The van der Waals surface area contributed by atoms with Crippen molar-refractivity contribution in [3.8, 4) is 0 Å². The molecule has 1 fully saturated rings. The van der Waals surface area contributed by atoms with Gasteiger partial charge in [0.15, 0.2) is 0 Å². The summed E-state index contributed by atoms with van der Waals surface area (Å²) in [5, 5.41) is 2.39. The van der Waals surface area contributed by atoms with Gasteiger partial charge in [-0.2, -0.15) is 0 Å². The molecule has 0 saturated carbocycles. The average molecular weight is 264 g/mol. The first-order valence-electron chi connectivity index (χ1n) is 4.08. The lowest BCUT2D eigenvalue weighted by Gasteiger charge is -2.05. The van der Waals surface area contributed by atoms with Crippen LogP contribution in [0.5, 0.6) is 0 Å². The van der Waals surface area contributed by atoms with E-state index in [-0.39, 0.29) is 0 Å². The van der Waals surface area contributed by atoms with E-state index >= 15 is 0 Å². The third-order valence-electron chi connectivity index (χ3n) is 1.32. The summed E-state index contributed by atoms with van der Waals surface area (Å²) in [6.45, 7) is 2.75. The highest BCUT2D eigenvalue weighted by Crippen LogP contribution is 1.98. The molecule has 1 aliphatic heterocycles. The second kappa shape index (κ2) is 10.4. The van der Waals surface area contributed by atoms with Crippen molar-refractivity contribution in [1.82, 2.24) is 0 Å². The maximum Gasteiger partial charge on any atom is 0.692 e. The van der Waals surface area contributed by atoms with Gasteiger partial charge in [-0.05, 0) is 19.3 Å². The van der Waals surface area contributed by atoms with Crippen LogP contribution in [0.15, 0.2) is 0 Å². The summed E-state index contributed by atoms with van der Waals surface area (Å²) in [7, 11) is -7.79. The molecule has 1 heterocycles. The van der Waals surface area contributed by atoms with Gasteiger partial charge in [-0.25, -0.2) is 8.42 Å². The zero-order chi connectivity index (χ0) is 12.3. The molecule has 0 spiro atoms. The smallest absolute Gasteiger partial charge is 0.692 e. The molecule has 15 heavy (non-hydrogen) atoms. The topological polar surface area (TPSA) is 152 Å². The van der Waals surface area contributed by atoms with Gasteiger partial charge in [-0.3, -0.25) is 4.55 Å². The summed E-state index contributed by atoms with van der Waals surface area (Å²) in [5.41, 5.74) is 0. The Kier molecular flexibility index (Phi) is 11.9. The van der Waals surface area contributed by atoms with E-state index in [0.29, 0.717) is 0 Å². The number of nitrogens with two attached hydrogens (primary N) is 1. The van der Waals surface area contributed by atoms with Gasteiger partial charge in [0.2, 0.25) is 10.4 Å². The van der Waals surface area contributed by atoms with Crippen molar-refractivity contribution in [2.75, 3.05) is 13.1 Å². The lowest BCUT2D eigenvalue weighted by molar-refractivity contribution is -0.662. The Bertz CT molecular complexity index is 227. The highest BCUT2D eigenvalue weighted by molar-refractivity contribution is 7.79. The standard InChI is InChI=1S/C5H11N.H2O4S.HO3P/c1-2-4-6-5-3-1;1-5(2,3)4;1-4(2)3/h6H,1-5H2;(H2,1,2,3,4);(H-,1,2,3)/p+1. The summed E-state index contributed by atoms with van der Waals surface area (Å²) in [5.74, 6) is 0. The minimum absolute atomic E-state index is 1.38. The molecule has 0 aromatic carbocycles. The van der Waals surface area contributed by atoms with Gasteiger partial charge in [0.1, 0.15) is 0 Å². The Morgan fingerprint density at radius 2 is 1.40 bits per heavy atom. The third kappa shape index (κ3) is 56.8. The molecular formula is C5H15NO7PS+. The minimum atomic E-state index is -4.92. The van der Waals surface area contributed by atoms with Gasteiger partial charge in [-0.1, -0.05) is 0 Å². The molecule has 0 unspecified atom stereocenters. The molecule has 8 nitrogen and oxygen atoms in total. The summed E-state index contributed by atoms with van der Waals surface area (Å²) in [4.78, 5) is 14.2. The Morgan fingerprint density at radius 1 is 1.13 bits per heavy atom. The number of hydrogen-bond donors (Lipinski definition) is 4. The van der Waals surface area contributed by atoms with Gasteiger partial charge < -0.3 is 9.87 Å². The summed E-state index contributed by atoms with van der Waals surface area (Å²) in [6, 6.07) is 0. The number of rotatable bonds is 0. The van der Waals surface area contributed by atoms with Gasteiger partial charge in [0, 0.05) is 4.57 Å². The van der Waals surface area contributed by atoms with E-state index in [1.165, 1.54) is 32.4 Å². The molecular weight excluding hydrogens is 249 g/mol. The van der Waals surface area contributed by atoms with E-state index in [1.807, 2.05) is 0 Å². The lowest BCUT2D eigenvalue weighted by atomic mass is 10.2. The van der Waals surface area contributed by atoms with E-state index in [9.17, 15) is 0 Å². The van der Waals surface area contributed by atoms with Gasteiger partial charge in [0.05, 0.1) is 13.1 Å². The van der Waals surface area contributed by atoms with Crippen LogP contribution in [-0.2, 0) is 15.0 Å². The average Bonchev–Trinajstić information content (AvgIpc) is 2.03. The van der Waals surface area contributed by atoms with Crippen molar-refractivity contribution in [3.63, 3.8) is 0 Å². The largest absolute Gasteiger partial charge is 0.726 e. The highest BCUT2D eigenvalue weighted by atomic mass is 32.3. The van der Waals surface area contributed by atoms with Crippen LogP contribution in [0.25, 0.3) is 0 Å². The number of quaternary nitrogens is 1. The molecule has 0 aliphatic carbocycles. The third-order valence-corrected chi connectivity index (χ3v) is 1.32. The molecule has 1 rings (SSSR count). The fourth-order valence-electron chi connectivity index (χ4n) is 0.898. The molecule has 0 bridgehead atoms. The first-order valence-corrected chi connectivity index (χ1v) is 6.61. The van der Waals surface area contributed by atoms with Crippen molar-refractivity contribution < 1.29 is 37.2 Å². The van der Waals surface area contributed by atoms with E-state index in [0.717, 1.165) is 0 Å². The van der Waals surface area contributed by atoms with Gasteiger partial charge >= 0.3 is 8.25 Å². The molecule has 92 valence electrons. The quantitative estimate of drug-likeness (QED) is 0.233. The molecule has 1 saturated heterocycles. The van der Waals surface area contributed by atoms with Gasteiger partial charge in [0.25, 0.3) is 0 Å². The molecule has 0 radical (unpaired) electrons. The predicted molar refractivity (Wildman–Crippen MR) is 49.9 cm³/mol. The van der Waals surface area contributed by atoms with Crippen LogP contribution >= 0.6 is 8.25 Å². The normalized spacial score (nSPS) is 15.2. The molecule has 5 N–H and O–H groups in total. The maximum atomic E-state index is 8.70. The molecule has 10 heteroatoms.